The third-order valence-corrected chi connectivity index (χ3v) is 6.23. The van der Waals surface area contributed by atoms with Crippen LogP contribution in [0.4, 0.5) is 0 Å². The van der Waals surface area contributed by atoms with Gasteiger partial charge in [0.1, 0.15) is 0 Å². The first-order valence-electron chi connectivity index (χ1n) is 8.86. The number of carbonyl (C=O) groups is 1. The van der Waals surface area contributed by atoms with Gasteiger partial charge in [-0.15, -0.1) is 11.3 Å². The Hall–Kier alpha value is -0.750. The molecule has 2 atom stereocenters. The molecule has 0 spiro atoms. The summed E-state index contributed by atoms with van der Waals surface area (Å²) in [5.41, 5.74) is 1.20. The minimum atomic E-state index is -0.257. The van der Waals surface area contributed by atoms with Crippen molar-refractivity contribution in [3.05, 3.63) is 21.9 Å². The Balaban J connectivity index is 1.54. The molecule has 0 bridgehead atoms. The fourth-order valence-electron chi connectivity index (χ4n) is 3.88. The second-order valence-corrected chi connectivity index (χ2v) is 7.90. The van der Waals surface area contributed by atoms with Crippen LogP contribution in [0, 0.1) is 0 Å². The summed E-state index contributed by atoms with van der Waals surface area (Å²) in [4.78, 5) is 17.1. The average Bonchev–Trinajstić information content (AvgIpc) is 2.82. The van der Waals surface area contributed by atoms with Crippen molar-refractivity contribution < 1.29 is 9.90 Å². The molecule has 2 fully saturated rings. The van der Waals surface area contributed by atoms with Crippen LogP contribution in [0.5, 0.6) is 0 Å². The SMILES string of the molecule is CC(=O)c1cc(CN2CC[C@@H](N3CCCCCC3)[C@H](O)C2)cs1. The zero-order valence-corrected chi connectivity index (χ0v) is 14.9. The van der Waals surface area contributed by atoms with Crippen LogP contribution in [0.1, 0.15) is 54.3 Å². The molecule has 3 rings (SSSR count). The van der Waals surface area contributed by atoms with Crippen LogP contribution in [0.15, 0.2) is 11.4 Å². The molecule has 5 heteroatoms. The van der Waals surface area contributed by atoms with E-state index in [0.29, 0.717) is 6.04 Å². The number of piperidine rings is 1. The van der Waals surface area contributed by atoms with E-state index in [1.807, 2.05) is 6.07 Å². The van der Waals surface area contributed by atoms with Crippen molar-refractivity contribution in [2.24, 2.45) is 0 Å². The normalized spacial score (nSPS) is 27.7. The lowest BCUT2D eigenvalue weighted by molar-refractivity contribution is -0.0143. The number of β-amino-alcohol motifs (C(OH)–C–C–N with tert-alkyl or cyclic N) is 1. The van der Waals surface area contributed by atoms with Gasteiger partial charge in [-0.2, -0.15) is 0 Å². The molecule has 0 unspecified atom stereocenters. The summed E-state index contributed by atoms with van der Waals surface area (Å²) < 4.78 is 0. The van der Waals surface area contributed by atoms with Gasteiger partial charge >= 0.3 is 0 Å². The van der Waals surface area contributed by atoms with E-state index in [9.17, 15) is 9.90 Å². The van der Waals surface area contributed by atoms with Gasteiger partial charge in [0, 0.05) is 25.7 Å². The molecule has 0 amide bonds. The predicted molar refractivity (Wildman–Crippen MR) is 94.1 cm³/mol. The molecule has 23 heavy (non-hydrogen) atoms. The van der Waals surface area contributed by atoms with E-state index in [-0.39, 0.29) is 11.9 Å². The number of rotatable bonds is 4. The molecule has 3 heterocycles. The van der Waals surface area contributed by atoms with E-state index in [0.717, 1.165) is 44.0 Å². The fourth-order valence-corrected chi connectivity index (χ4v) is 4.69. The summed E-state index contributed by atoms with van der Waals surface area (Å²) in [6.07, 6.45) is 6.01. The Labute approximate surface area is 143 Å². The van der Waals surface area contributed by atoms with E-state index < -0.39 is 0 Å². The molecular weight excluding hydrogens is 308 g/mol. The Morgan fingerprint density at radius 1 is 1.26 bits per heavy atom. The summed E-state index contributed by atoms with van der Waals surface area (Å²) in [5.74, 6) is 0.140. The number of hydrogen-bond donors (Lipinski definition) is 1. The van der Waals surface area contributed by atoms with Crippen molar-refractivity contribution in [3.8, 4) is 0 Å². The first-order valence-corrected chi connectivity index (χ1v) is 9.74. The minimum absolute atomic E-state index is 0.140. The summed E-state index contributed by atoms with van der Waals surface area (Å²) in [6, 6.07) is 2.33. The molecule has 0 saturated carbocycles. The van der Waals surface area contributed by atoms with Gasteiger partial charge in [0.15, 0.2) is 5.78 Å². The molecule has 1 aromatic rings. The van der Waals surface area contributed by atoms with Crippen LogP contribution in [0.25, 0.3) is 0 Å². The maximum Gasteiger partial charge on any atom is 0.169 e. The number of thiophene rings is 1. The Bertz CT molecular complexity index is 523. The molecule has 0 aliphatic carbocycles. The highest BCUT2D eigenvalue weighted by Crippen LogP contribution is 2.23. The van der Waals surface area contributed by atoms with Crippen molar-refractivity contribution >= 4 is 17.1 Å². The van der Waals surface area contributed by atoms with Gasteiger partial charge in [-0.05, 0) is 56.3 Å². The van der Waals surface area contributed by atoms with E-state index in [4.69, 9.17) is 0 Å². The monoisotopic (exact) mass is 336 g/mol. The highest BCUT2D eigenvalue weighted by molar-refractivity contribution is 7.12. The third kappa shape index (κ3) is 4.41. The Morgan fingerprint density at radius 3 is 2.61 bits per heavy atom. The molecule has 1 aromatic heterocycles. The maximum atomic E-state index is 11.4. The molecule has 2 aliphatic rings. The maximum absolute atomic E-state index is 11.4. The van der Waals surface area contributed by atoms with Crippen molar-refractivity contribution in [2.75, 3.05) is 26.2 Å². The zero-order valence-electron chi connectivity index (χ0n) is 14.0. The van der Waals surface area contributed by atoms with Crippen molar-refractivity contribution in [3.63, 3.8) is 0 Å². The lowest BCUT2D eigenvalue weighted by atomic mass is 9.99. The smallest absolute Gasteiger partial charge is 0.169 e. The molecule has 0 radical (unpaired) electrons. The standard InChI is InChI=1S/C18H28N2O2S/c1-14(21)18-10-15(13-23-18)11-19-9-6-16(17(22)12-19)20-7-4-2-3-5-8-20/h10,13,16-17,22H,2-9,11-12H2,1H3/t16-,17-/m1/s1. The van der Waals surface area contributed by atoms with Gasteiger partial charge in [-0.3, -0.25) is 14.6 Å². The molecule has 128 valence electrons. The molecule has 0 aromatic carbocycles. The van der Waals surface area contributed by atoms with Gasteiger partial charge in [0.05, 0.1) is 11.0 Å². The second-order valence-electron chi connectivity index (χ2n) is 6.98. The van der Waals surface area contributed by atoms with E-state index in [1.165, 1.54) is 42.6 Å². The zero-order chi connectivity index (χ0) is 16.2. The quantitative estimate of drug-likeness (QED) is 0.859. The molecule has 1 N–H and O–H groups in total. The van der Waals surface area contributed by atoms with Crippen LogP contribution in [-0.4, -0.2) is 59.0 Å². The lowest BCUT2D eigenvalue weighted by Gasteiger charge is -2.41. The summed E-state index contributed by atoms with van der Waals surface area (Å²) in [6.45, 7) is 6.53. The number of nitrogens with zero attached hydrogens (tertiary/aromatic N) is 2. The number of ketones is 1. The predicted octanol–water partition coefficient (Wildman–Crippen LogP) is 2.76. The summed E-state index contributed by atoms with van der Waals surface area (Å²) in [5, 5.41) is 12.7. The van der Waals surface area contributed by atoms with Gasteiger partial charge in [0.25, 0.3) is 0 Å². The van der Waals surface area contributed by atoms with E-state index >= 15 is 0 Å². The average molecular weight is 337 g/mol. The van der Waals surface area contributed by atoms with Crippen LogP contribution < -0.4 is 0 Å². The van der Waals surface area contributed by atoms with Crippen LogP contribution in [0.2, 0.25) is 0 Å². The van der Waals surface area contributed by atoms with Crippen molar-refractivity contribution in [1.82, 2.24) is 9.80 Å². The highest BCUT2D eigenvalue weighted by atomic mass is 32.1. The first-order chi connectivity index (χ1) is 11.1. The number of aliphatic hydroxyl groups excluding tert-OH is 1. The van der Waals surface area contributed by atoms with Crippen molar-refractivity contribution in [1.29, 1.82) is 0 Å². The first kappa shape index (κ1) is 17.1. The Kier molecular flexibility index (Phi) is 5.85. The Morgan fingerprint density at radius 2 is 2.00 bits per heavy atom. The fraction of sp³-hybridized carbons (Fsp3) is 0.722. The van der Waals surface area contributed by atoms with Gasteiger partial charge in [-0.25, -0.2) is 0 Å². The van der Waals surface area contributed by atoms with Gasteiger partial charge in [0.2, 0.25) is 0 Å². The second kappa shape index (κ2) is 7.88. The molecule has 2 aliphatic heterocycles. The minimum Gasteiger partial charge on any atom is -0.390 e. The number of hydrogen-bond acceptors (Lipinski definition) is 5. The number of Topliss-reactive ketones (excluding diaryl/α,β-unsaturated/α-hetero) is 1. The van der Waals surface area contributed by atoms with Gasteiger partial charge < -0.3 is 5.11 Å². The number of carbonyl (C=O) groups excluding carboxylic acids is 1. The number of aliphatic hydroxyl groups is 1. The molecule has 2 saturated heterocycles. The van der Waals surface area contributed by atoms with Crippen LogP contribution >= 0.6 is 11.3 Å². The van der Waals surface area contributed by atoms with Crippen LogP contribution in [-0.2, 0) is 6.54 Å². The molecular formula is C18H28N2O2S. The topological polar surface area (TPSA) is 43.8 Å². The van der Waals surface area contributed by atoms with Crippen LogP contribution in [0.3, 0.4) is 0 Å². The number of likely N-dealkylation sites (tertiary alicyclic amines) is 2. The highest BCUT2D eigenvalue weighted by Gasteiger charge is 2.32. The van der Waals surface area contributed by atoms with Crippen molar-refractivity contribution in [2.45, 2.75) is 57.7 Å². The summed E-state index contributed by atoms with van der Waals surface area (Å²) >= 11 is 1.53. The molecule has 4 nitrogen and oxygen atoms in total. The lowest BCUT2D eigenvalue weighted by Crippen LogP contribution is -2.54. The van der Waals surface area contributed by atoms with Gasteiger partial charge in [-0.1, -0.05) is 12.8 Å². The van der Waals surface area contributed by atoms with E-state index in [1.54, 1.807) is 6.92 Å². The summed E-state index contributed by atoms with van der Waals surface area (Å²) in [7, 11) is 0. The largest absolute Gasteiger partial charge is 0.390 e. The third-order valence-electron chi connectivity index (χ3n) is 5.15. The van der Waals surface area contributed by atoms with E-state index in [2.05, 4.69) is 15.2 Å².